The number of rotatable bonds is 3. The van der Waals surface area contributed by atoms with E-state index in [1.165, 1.54) is 12.1 Å². The van der Waals surface area contributed by atoms with Crippen LogP contribution in [0.4, 0.5) is 4.39 Å². The Morgan fingerprint density at radius 1 is 1.30 bits per heavy atom. The highest BCUT2D eigenvalue weighted by molar-refractivity contribution is 9.10. The van der Waals surface area contributed by atoms with Crippen LogP contribution >= 0.6 is 15.9 Å². The van der Waals surface area contributed by atoms with Gasteiger partial charge in [0.1, 0.15) is 5.82 Å². The molecule has 0 aromatic heterocycles. The van der Waals surface area contributed by atoms with Crippen molar-refractivity contribution in [3.63, 3.8) is 0 Å². The smallest absolute Gasteiger partial charge is 0.208 e. The van der Waals surface area contributed by atoms with Crippen LogP contribution in [-0.2, 0) is 10.0 Å². The van der Waals surface area contributed by atoms with Crippen molar-refractivity contribution in [3.05, 3.63) is 28.5 Å². The molecule has 1 aliphatic carbocycles. The second-order valence-corrected chi connectivity index (χ2v) is 8.14. The van der Waals surface area contributed by atoms with Crippen LogP contribution in [0.2, 0.25) is 0 Å². The number of nitrogens with one attached hydrogen (secondary N) is 1. The van der Waals surface area contributed by atoms with Crippen molar-refractivity contribution in [1.29, 1.82) is 0 Å². The second kappa shape index (κ2) is 6.12. The Hall–Kier alpha value is -0.460. The van der Waals surface area contributed by atoms with Gasteiger partial charge in [0, 0.05) is 6.04 Å². The molecule has 3 unspecified atom stereocenters. The molecule has 0 radical (unpaired) electrons. The Morgan fingerprint density at radius 2 is 2.00 bits per heavy atom. The van der Waals surface area contributed by atoms with Crippen molar-refractivity contribution in [3.8, 4) is 0 Å². The van der Waals surface area contributed by atoms with Crippen LogP contribution in [0.15, 0.2) is 27.6 Å². The van der Waals surface area contributed by atoms with Crippen LogP contribution in [0.3, 0.4) is 0 Å². The van der Waals surface area contributed by atoms with Gasteiger partial charge in [-0.1, -0.05) is 26.7 Å². The maximum Gasteiger partial charge on any atom is 0.240 e. The van der Waals surface area contributed by atoms with Crippen LogP contribution in [0.1, 0.15) is 33.1 Å². The fourth-order valence-electron chi connectivity index (χ4n) is 2.66. The molecule has 1 N–H and O–H groups in total. The molecule has 0 heterocycles. The summed E-state index contributed by atoms with van der Waals surface area (Å²) in [6.07, 6.45) is 2.99. The van der Waals surface area contributed by atoms with Crippen LogP contribution in [0, 0.1) is 17.7 Å². The lowest BCUT2D eigenvalue weighted by atomic mass is 9.78. The molecule has 0 bridgehead atoms. The van der Waals surface area contributed by atoms with Crippen molar-refractivity contribution < 1.29 is 12.8 Å². The van der Waals surface area contributed by atoms with Crippen molar-refractivity contribution in [2.75, 3.05) is 0 Å². The summed E-state index contributed by atoms with van der Waals surface area (Å²) in [5.41, 5.74) is 0. The molecule has 1 fully saturated rings. The summed E-state index contributed by atoms with van der Waals surface area (Å²) >= 11 is 3.02. The highest BCUT2D eigenvalue weighted by Crippen LogP contribution is 2.30. The topological polar surface area (TPSA) is 46.2 Å². The predicted molar refractivity (Wildman–Crippen MR) is 80.4 cm³/mol. The molecule has 0 spiro atoms. The van der Waals surface area contributed by atoms with E-state index < -0.39 is 15.8 Å². The van der Waals surface area contributed by atoms with E-state index in [1.54, 1.807) is 0 Å². The molecule has 0 aliphatic heterocycles. The van der Waals surface area contributed by atoms with Crippen LogP contribution in [0.25, 0.3) is 0 Å². The van der Waals surface area contributed by atoms with Gasteiger partial charge in [0.15, 0.2) is 0 Å². The molecule has 1 aromatic carbocycles. The van der Waals surface area contributed by atoms with Crippen molar-refractivity contribution in [2.24, 2.45) is 11.8 Å². The third-order valence-corrected chi connectivity index (χ3v) is 6.35. The summed E-state index contributed by atoms with van der Waals surface area (Å²) < 4.78 is 41.1. The fourth-order valence-corrected chi connectivity index (χ4v) is 4.28. The van der Waals surface area contributed by atoms with Gasteiger partial charge in [-0.15, -0.1) is 0 Å². The lowest BCUT2D eigenvalue weighted by Crippen LogP contribution is -2.43. The van der Waals surface area contributed by atoms with Crippen molar-refractivity contribution >= 4 is 26.0 Å². The molecule has 3 atom stereocenters. The average molecular weight is 364 g/mol. The molecule has 20 heavy (non-hydrogen) atoms. The summed E-state index contributed by atoms with van der Waals surface area (Å²) in [6, 6.07) is 3.79. The first-order valence-electron chi connectivity index (χ1n) is 6.78. The second-order valence-electron chi connectivity index (χ2n) is 5.57. The summed E-state index contributed by atoms with van der Waals surface area (Å²) in [6.45, 7) is 4.21. The lowest BCUT2D eigenvalue weighted by molar-refractivity contribution is 0.227. The maximum absolute atomic E-state index is 13.5. The third-order valence-electron chi connectivity index (χ3n) is 4.21. The van der Waals surface area contributed by atoms with E-state index >= 15 is 0 Å². The van der Waals surface area contributed by atoms with Gasteiger partial charge in [0.05, 0.1) is 9.37 Å². The molecular formula is C14H19BrFNO2S. The van der Waals surface area contributed by atoms with Gasteiger partial charge in [-0.05, 0) is 52.4 Å². The highest BCUT2D eigenvalue weighted by Gasteiger charge is 2.30. The van der Waals surface area contributed by atoms with Crippen LogP contribution in [0.5, 0.6) is 0 Å². The van der Waals surface area contributed by atoms with Gasteiger partial charge >= 0.3 is 0 Å². The first-order valence-corrected chi connectivity index (χ1v) is 9.06. The quantitative estimate of drug-likeness (QED) is 0.889. The van der Waals surface area contributed by atoms with Crippen molar-refractivity contribution in [1.82, 2.24) is 4.72 Å². The minimum atomic E-state index is -3.67. The zero-order valence-electron chi connectivity index (χ0n) is 11.6. The normalized spacial score (nSPS) is 27.5. The third kappa shape index (κ3) is 3.40. The molecule has 2 rings (SSSR count). The summed E-state index contributed by atoms with van der Waals surface area (Å²) in [5, 5.41) is 0. The van der Waals surface area contributed by atoms with Gasteiger partial charge in [0.25, 0.3) is 0 Å². The summed E-state index contributed by atoms with van der Waals surface area (Å²) in [4.78, 5) is -0.0244. The molecule has 1 aromatic rings. The Balaban J connectivity index is 2.20. The van der Waals surface area contributed by atoms with E-state index in [9.17, 15) is 12.8 Å². The molecule has 6 heteroatoms. The van der Waals surface area contributed by atoms with E-state index in [-0.39, 0.29) is 15.4 Å². The van der Waals surface area contributed by atoms with E-state index in [0.29, 0.717) is 11.8 Å². The zero-order chi connectivity index (χ0) is 14.9. The maximum atomic E-state index is 13.5. The minimum absolute atomic E-state index is 0.0244. The van der Waals surface area contributed by atoms with Gasteiger partial charge in [-0.25, -0.2) is 17.5 Å². The number of halogens is 2. The first-order chi connectivity index (χ1) is 9.31. The fraction of sp³-hybridized carbons (Fsp3) is 0.571. The first kappa shape index (κ1) is 15.9. The average Bonchev–Trinajstić information content (AvgIpc) is 2.38. The standard InChI is InChI=1S/C14H19BrFNO2S/c1-9-4-3-5-14(10(9)2)17-20(18,19)11-6-7-12(15)13(16)8-11/h6-10,14,17H,3-5H2,1-2H3. The van der Waals surface area contributed by atoms with E-state index in [2.05, 4.69) is 34.5 Å². The van der Waals surface area contributed by atoms with Crippen molar-refractivity contribution in [2.45, 2.75) is 44.0 Å². The van der Waals surface area contributed by atoms with E-state index in [4.69, 9.17) is 0 Å². The Labute approximate surface area is 128 Å². The number of benzene rings is 1. The van der Waals surface area contributed by atoms with Gasteiger partial charge in [-0.3, -0.25) is 0 Å². The molecule has 1 saturated carbocycles. The number of hydrogen-bond acceptors (Lipinski definition) is 2. The molecule has 1 aliphatic rings. The highest BCUT2D eigenvalue weighted by atomic mass is 79.9. The SMILES string of the molecule is CC1CCCC(NS(=O)(=O)c2ccc(Br)c(F)c2)C1C. The lowest BCUT2D eigenvalue weighted by Gasteiger charge is -2.34. The molecule has 0 amide bonds. The molecule has 112 valence electrons. The predicted octanol–water partition coefficient (Wildman–Crippen LogP) is 3.69. The summed E-state index contributed by atoms with van der Waals surface area (Å²) in [5.74, 6) is 0.217. The molecule has 3 nitrogen and oxygen atoms in total. The largest absolute Gasteiger partial charge is 0.240 e. The summed E-state index contributed by atoms with van der Waals surface area (Å²) in [7, 11) is -3.67. The Bertz CT molecular complexity index is 591. The van der Waals surface area contributed by atoms with Crippen LogP contribution in [-0.4, -0.2) is 14.5 Å². The Morgan fingerprint density at radius 3 is 2.65 bits per heavy atom. The van der Waals surface area contributed by atoms with Crippen LogP contribution < -0.4 is 4.72 Å². The molecular weight excluding hydrogens is 345 g/mol. The van der Waals surface area contributed by atoms with E-state index in [0.717, 1.165) is 25.3 Å². The number of hydrogen-bond donors (Lipinski definition) is 1. The van der Waals surface area contributed by atoms with Gasteiger partial charge < -0.3 is 0 Å². The molecule has 0 saturated heterocycles. The Kier molecular flexibility index (Phi) is 4.87. The van der Waals surface area contributed by atoms with Gasteiger partial charge in [0.2, 0.25) is 10.0 Å². The monoisotopic (exact) mass is 363 g/mol. The minimum Gasteiger partial charge on any atom is -0.208 e. The number of sulfonamides is 1. The van der Waals surface area contributed by atoms with E-state index in [1.807, 2.05) is 0 Å². The zero-order valence-corrected chi connectivity index (χ0v) is 14.0. The van der Waals surface area contributed by atoms with Gasteiger partial charge in [-0.2, -0.15) is 0 Å².